The monoisotopic (exact) mass is 210 g/mol. The fourth-order valence-corrected chi connectivity index (χ4v) is 1.02. The lowest BCUT2D eigenvalue weighted by molar-refractivity contribution is -0.115. The molecule has 0 aliphatic rings. The van der Waals surface area contributed by atoms with Crippen LogP contribution in [0.5, 0.6) is 0 Å². The number of amides is 1. The minimum Gasteiger partial charge on any atom is -0.324 e. The number of pyridine rings is 1. The van der Waals surface area contributed by atoms with E-state index in [0.29, 0.717) is 12.1 Å². The highest BCUT2D eigenvalue weighted by Gasteiger charge is 2.10. The molecule has 0 radical (unpaired) electrons. The predicted molar refractivity (Wildman–Crippen MR) is 60.7 cm³/mol. The van der Waals surface area contributed by atoms with Crippen LogP contribution in [0, 0.1) is 6.92 Å². The van der Waals surface area contributed by atoms with Gasteiger partial charge in [0.25, 0.3) is 0 Å². The minimum atomic E-state index is -0.253. The molecule has 1 amide bonds. The molecule has 76 valence electrons. The summed E-state index contributed by atoms with van der Waals surface area (Å²) >= 11 is 4.14. The summed E-state index contributed by atoms with van der Waals surface area (Å²) in [5.74, 6) is -0.0820. The van der Waals surface area contributed by atoms with Gasteiger partial charge in [-0.1, -0.05) is 6.92 Å². The van der Waals surface area contributed by atoms with Crippen LogP contribution in [0.4, 0.5) is 5.69 Å². The number of nitrogens with one attached hydrogen (secondary N) is 1. The van der Waals surface area contributed by atoms with Gasteiger partial charge in [-0.3, -0.25) is 9.78 Å². The first-order chi connectivity index (χ1) is 6.63. The molecule has 0 saturated carbocycles. The fraction of sp³-hybridized carbons (Fsp3) is 0.400. The lowest BCUT2D eigenvalue weighted by Crippen LogP contribution is -2.22. The quantitative estimate of drug-likeness (QED) is 0.750. The Balaban J connectivity index is 2.60. The van der Waals surface area contributed by atoms with Crippen molar-refractivity contribution >= 4 is 24.2 Å². The van der Waals surface area contributed by atoms with E-state index in [1.165, 1.54) is 0 Å². The van der Waals surface area contributed by atoms with E-state index in [4.69, 9.17) is 0 Å². The number of hydrogen-bond acceptors (Lipinski definition) is 3. The number of carbonyl (C=O) groups is 1. The Morgan fingerprint density at radius 3 is 2.86 bits per heavy atom. The third-order valence-electron chi connectivity index (χ3n) is 1.87. The number of nitrogens with zero attached hydrogens (tertiary/aromatic N) is 1. The van der Waals surface area contributed by atoms with Gasteiger partial charge in [-0.2, -0.15) is 12.6 Å². The Morgan fingerprint density at radius 2 is 2.36 bits per heavy atom. The van der Waals surface area contributed by atoms with Crippen molar-refractivity contribution < 1.29 is 4.79 Å². The maximum Gasteiger partial charge on any atom is 0.237 e. The molecular weight excluding hydrogens is 196 g/mol. The predicted octanol–water partition coefficient (Wildman–Crippen LogP) is 2.04. The fourth-order valence-electron chi connectivity index (χ4n) is 0.953. The average molecular weight is 210 g/mol. The zero-order chi connectivity index (χ0) is 10.6. The van der Waals surface area contributed by atoms with Crippen molar-refractivity contribution in [2.75, 3.05) is 5.32 Å². The van der Waals surface area contributed by atoms with Crippen molar-refractivity contribution in [2.45, 2.75) is 25.5 Å². The second-order valence-corrected chi connectivity index (χ2v) is 3.72. The SMILES string of the molecule is CCC(S)C(=O)Nc1ccc(C)nc1. The number of thiol groups is 1. The Bertz CT molecular complexity index is 310. The van der Waals surface area contributed by atoms with E-state index < -0.39 is 0 Å². The number of hydrogen-bond donors (Lipinski definition) is 2. The van der Waals surface area contributed by atoms with Crippen LogP contribution >= 0.6 is 12.6 Å². The van der Waals surface area contributed by atoms with E-state index in [1.54, 1.807) is 6.20 Å². The summed E-state index contributed by atoms with van der Waals surface area (Å²) in [6.45, 7) is 3.82. The molecule has 1 rings (SSSR count). The number of aromatic nitrogens is 1. The zero-order valence-corrected chi connectivity index (χ0v) is 9.21. The summed E-state index contributed by atoms with van der Waals surface area (Å²) < 4.78 is 0. The molecule has 0 saturated heterocycles. The molecule has 0 fully saturated rings. The van der Waals surface area contributed by atoms with Crippen LogP contribution < -0.4 is 5.32 Å². The largest absolute Gasteiger partial charge is 0.324 e. The maximum absolute atomic E-state index is 11.4. The molecule has 0 aromatic carbocycles. The zero-order valence-electron chi connectivity index (χ0n) is 8.32. The number of carbonyl (C=O) groups excluding carboxylic acids is 1. The number of aryl methyl sites for hydroxylation is 1. The van der Waals surface area contributed by atoms with Gasteiger partial charge in [-0.05, 0) is 25.5 Å². The first-order valence-electron chi connectivity index (χ1n) is 4.55. The molecule has 4 heteroatoms. The molecular formula is C10H14N2OS. The summed E-state index contributed by atoms with van der Waals surface area (Å²) in [6, 6.07) is 3.69. The van der Waals surface area contributed by atoms with Crippen molar-refractivity contribution in [3.8, 4) is 0 Å². The molecule has 3 nitrogen and oxygen atoms in total. The van der Waals surface area contributed by atoms with Gasteiger partial charge in [-0.15, -0.1) is 0 Å². The normalized spacial score (nSPS) is 12.2. The van der Waals surface area contributed by atoms with Crippen molar-refractivity contribution in [3.05, 3.63) is 24.0 Å². The van der Waals surface area contributed by atoms with E-state index in [9.17, 15) is 4.79 Å². The van der Waals surface area contributed by atoms with Crippen LogP contribution in [-0.4, -0.2) is 16.1 Å². The number of anilines is 1. The van der Waals surface area contributed by atoms with Crippen LogP contribution in [-0.2, 0) is 4.79 Å². The summed E-state index contributed by atoms with van der Waals surface area (Å²) in [5.41, 5.74) is 1.65. The molecule has 1 heterocycles. The van der Waals surface area contributed by atoms with Gasteiger partial charge in [0.1, 0.15) is 0 Å². The third-order valence-corrected chi connectivity index (χ3v) is 2.47. The minimum absolute atomic E-state index is 0.0820. The highest BCUT2D eigenvalue weighted by Crippen LogP contribution is 2.08. The summed E-state index contributed by atoms with van der Waals surface area (Å²) in [6.07, 6.45) is 2.36. The highest BCUT2D eigenvalue weighted by molar-refractivity contribution is 7.81. The number of rotatable bonds is 3. The molecule has 0 spiro atoms. The first-order valence-corrected chi connectivity index (χ1v) is 5.06. The van der Waals surface area contributed by atoms with Gasteiger partial charge in [-0.25, -0.2) is 0 Å². The van der Waals surface area contributed by atoms with Crippen LogP contribution in [0.2, 0.25) is 0 Å². The van der Waals surface area contributed by atoms with Gasteiger partial charge >= 0.3 is 0 Å². The van der Waals surface area contributed by atoms with Crippen molar-refractivity contribution in [1.82, 2.24) is 4.98 Å². The maximum atomic E-state index is 11.4. The Kier molecular flexibility index (Phi) is 3.95. The van der Waals surface area contributed by atoms with E-state index >= 15 is 0 Å². The molecule has 14 heavy (non-hydrogen) atoms. The van der Waals surface area contributed by atoms with Gasteiger partial charge in [0.15, 0.2) is 0 Å². The smallest absolute Gasteiger partial charge is 0.237 e. The lowest BCUT2D eigenvalue weighted by atomic mass is 10.3. The van der Waals surface area contributed by atoms with E-state index in [-0.39, 0.29) is 11.2 Å². The van der Waals surface area contributed by atoms with Crippen molar-refractivity contribution in [3.63, 3.8) is 0 Å². The average Bonchev–Trinajstić information content (AvgIpc) is 2.20. The molecule has 1 N–H and O–H groups in total. The van der Waals surface area contributed by atoms with Crippen molar-refractivity contribution in [1.29, 1.82) is 0 Å². The third kappa shape index (κ3) is 3.03. The van der Waals surface area contributed by atoms with Gasteiger partial charge in [0, 0.05) is 5.69 Å². The van der Waals surface area contributed by atoms with Gasteiger partial charge in [0.05, 0.1) is 17.1 Å². The second kappa shape index (κ2) is 5.00. The molecule has 1 unspecified atom stereocenters. The van der Waals surface area contributed by atoms with Crippen molar-refractivity contribution in [2.24, 2.45) is 0 Å². The summed E-state index contributed by atoms with van der Waals surface area (Å²) in [7, 11) is 0. The lowest BCUT2D eigenvalue weighted by Gasteiger charge is -2.08. The standard InChI is InChI=1S/C10H14N2OS/c1-3-9(14)10(13)12-8-5-4-7(2)11-6-8/h4-6,9,14H,3H2,1-2H3,(H,12,13). The summed E-state index contributed by atoms with van der Waals surface area (Å²) in [5, 5.41) is 2.49. The molecule has 0 bridgehead atoms. The Morgan fingerprint density at radius 1 is 1.64 bits per heavy atom. The van der Waals surface area contributed by atoms with Crippen LogP contribution in [0.3, 0.4) is 0 Å². The van der Waals surface area contributed by atoms with Gasteiger partial charge in [0.2, 0.25) is 5.91 Å². The van der Waals surface area contributed by atoms with E-state index in [2.05, 4.69) is 22.9 Å². The molecule has 0 aliphatic carbocycles. The first kappa shape index (κ1) is 11.0. The summed E-state index contributed by atoms with van der Waals surface area (Å²) in [4.78, 5) is 15.5. The van der Waals surface area contributed by atoms with Crippen LogP contribution in [0.25, 0.3) is 0 Å². The molecule has 1 aromatic heterocycles. The van der Waals surface area contributed by atoms with Gasteiger partial charge < -0.3 is 5.32 Å². The Hall–Kier alpha value is -1.03. The molecule has 1 aromatic rings. The Labute approximate surface area is 89.3 Å². The second-order valence-electron chi connectivity index (χ2n) is 3.10. The van der Waals surface area contributed by atoms with Crippen LogP contribution in [0.1, 0.15) is 19.0 Å². The highest BCUT2D eigenvalue weighted by atomic mass is 32.1. The molecule has 1 atom stereocenters. The molecule has 0 aliphatic heterocycles. The van der Waals surface area contributed by atoms with E-state index in [0.717, 1.165) is 5.69 Å². The van der Waals surface area contributed by atoms with Crippen LogP contribution in [0.15, 0.2) is 18.3 Å². The van der Waals surface area contributed by atoms with E-state index in [1.807, 2.05) is 26.0 Å². The topological polar surface area (TPSA) is 42.0 Å².